The van der Waals surface area contributed by atoms with Gasteiger partial charge in [0, 0.05) is 12.3 Å². The number of amides is 1. The lowest BCUT2D eigenvalue weighted by Crippen LogP contribution is -2.14. The Balaban J connectivity index is 2.93. The van der Waals surface area contributed by atoms with Gasteiger partial charge in [-0.25, -0.2) is 0 Å². The number of nitrogens with zero attached hydrogens (tertiary/aromatic N) is 1. The van der Waals surface area contributed by atoms with Gasteiger partial charge in [-0.2, -0.15) is 0 Å². The monoisotopic (exact) mass is 294 g/mol. The third-order valence-electron chi connectivity index (χ3n) is 2.33. The summed E-state index contributed by atoms with van der Waals surface area (Å²) in [6, 6.07) is 5.15. The van der Waals surface area contributed by atoms with Crippen LogP contribution in [0.1, 0.15) is 27.7 Å². The van der Waals surface area contributed by atoms with Crippen LogP contribution in [0.5, 0.6) is 5.75 Å². The molecule has 0 atom stereocenters. The van der Waals surface area contributed by atoms with Gasteiger partial charge in [-0.05, 0) is 39.8 Å². The second-order valence-corrected chi connectivity index (χ2v) is 4.73. The molecular weight excluding hydrogens is 276 g/mol. The Morgan fingerprint density at radius 2 is 2.10 bits per heavy atom. The second kappa shape index (κ2) is 7.70. The van der Waals surface area contributed by atoms with E-state index >= 15 is 0 Å². The minimum Gasteiger partial charge on any atom is -0.491 e. The molecule has 1 aromatic carbocycles. The Bertz CT molecular complexity index is 537. The summed E-state index contributed by atoms with van der Waals surface area (Å²) in [5.74, 6) is 0.343. The number of benzene rings is 1. The molecule has 0 heterocycles. The molecule has 1 aromatic rings. The van der Waals surface area contributed by atoms with Crippen LogP contribution in [0, 0.1) is 0 Å². The number of carbonyl (C=O) groups is 1. The van der Waals surface area contributed by atoms with Crippen molar-refractivity contribution in [2.45, 2.75) is 33.8 Å². The van der Waals surface area contributed by atoms with E-state index in [4.69, 9.17) is 16.3 Å². The van der Waals surface area contributed by atoms with E-state index in [1.165, 1.54) is 0 Å². The van der Waals surface area contributed by atoms with Crippen LogP contribution in [-0.4, -0.2) is 18.2 Å². The predicted molar refractivity (Wildman–Crippen MR) is 83.8 cm³/mol. The number of nitrogens with one attached hydrogen (secondary N) is 1. The Hall–Kier alpha value is -1.81. The van der Waals surface area contributed by atoms with Gasteiger partial charge in [0.2, 0.25) is 0 Å². The molecule has 4 nitrogen and oxygen atoms in total. The Morgan fingerprint density at radius 3 is 2.65 bits per heavy atom. The Morgan fingerprint density at radius 1 is 1.40 bits per heavy atom. The first kappa shape index (κ1) is 16.2. The lowest BCUT2D eigenvalue weighted by atomic mass is 10.2. The Labute approximate surface area is 124 Å². The van der Waals surface area contributed by atoms with Gasteiger partial charge in [-0.15, -0.1) is 0 Å². The number of hydrogen-bond acceptors (Lipinski definition) is 3. The third kappa shape index (κ3) is 4.70. The molecule has 1 N–H and O–H groups in total. The Kier molecular flexibility index (Phi) is 6.25. The number of hydrogen-bond donors (Lipinski definition) is 1. The van der Waals surface area contributed by atoms with Crippen molar-refractivity contribution in [2.24, 2.45) is 4.99 Å². The van der Waals surface area contributed by atoms with Crippen molar-refractivity contribution in [3.63, 3.8) is 0 Å². The summed E-state index contributed by atoms with van der Waals surface area (Å²) in [6.07, 6.45) is 3.25. The highest BCUT2D eigenvalue weighted by atomic mass is 35.5. The van der Waals surface area contributed by atoms with Gasteiger partial charge in [0.1, 0.15) is 11.4 Å². The number of allylic oxidation sites excluding steroid dienone is 1. The molecule has 0 saturated heterocycles. The number of halogens is 1. The average Bonchev–Trinajstić information content (AvgIpc) is 2.39. The van der Waals surface area contributed by atoms with Gasteiger partial charge < -0.3 is 10.1 Å². The highest BCUT2D eigenvalue weighted by molar-refractivity contribution is 6.34. The van der Waals surface area contributed by atoms with E-state index < -0.39 is 0 Å². The second-order valence-electron chi connectivity index (χ2n) is 4.32. The molecule has 1 amide bonds. The van der Waals surface area contributed by atoms with Crippen molar-refractivity contribution in [1.29, 1.82) is 0 Å². The lowest BCUT2D eigenvalue weighted by Gasteiger charge is -2.13. The maximum Gasteiger partial charge on any atom is 0.273 e. The van der Waals surface area contributed by atoms with Crippen LogP contribution in [0.15, 0.2) is 35.0 Å². The van der Waals surface area contributed by atoms with Gasteiger partial charge >= 0.3 is 0 Å². The first-order chi connectivity index (χ1) is 9.47. The normalized spacial score (nSPS) is 12.0. The minimum absolute atomic E-state index is 0.0514. The summed E-state index contributed by atoms with van der Waals surface area (Å²) in [4.78, 5) is 16.0. The van der Waals surface area contributed by atoms with Gasteiger partial charge in [-0.3, -0.25) is 9.79 Å². The molecule has 0 radical (unpaired) electrons. The zero-order valence-electron chi connectivity index (χ0n) is 12.1. The number of anilines is 1. The minimum atomic E-state index is -0.311. The van der Waals surface area contributed by atoms with E-state index in [9.17, 15) is 4.79 Å². The van der Waals surface area contributed by atoms with E-state index in [-0.39, 0.29) is 12.0 Å². The van der Waals surface area contributed by atoms with Gasteiger partial charge in [-0.1, -0.05) is 17.7 Å². The number of rotatable bonds is 5. The average molecular weight is 295 g/mol. The van der Waals surface area contributed by atoms with Gasteiger partial charge in [0.05, 0.1) is 16.8 Å². The topological polar surface area (TPSA) is 50.7 Å². The molecule has 0 unspecified atom stereocenters. The van der Waals surface area contributed by atoms with Crippen molar-refractivity contribution in [3.8, 4) is 5.75 Å². The fraction of sp³-hybridized carbons (Fsp3) is 0.333. The summed E-state index contributed by atoms with van der Waals surface area (Å²) in [6.45, 7) is 7.37. The molecule has 0 aromatic heterocycles. The molecule has 0 bridgehead atoms. The fourth-order valence-corrected chi connectivity index (χ4v) is 1.70. The van der Waals surface area contributed by atoms with Crippen molar-refractivity contribution in [1.82, 2.24) is 0 Å². The quantitative estimate of drug-likeness (QED) is 0.657. The number of carbonyl (C=O) groups excluding carboxylic acids is 1. The zero-order valence-corrected chi connectivity index (χ0v) is 12.9. The zero-order chi connectivity index (χ0) is 15.1. The largest absolute Gasteiger partial charge is 0.491 e. The smallest absolute Gasteiger partial charge is 0.273 e. The molecule has 108 valence electrons. The van der Waals surface area contributed by atoms with E-state index in [0.29, 0.717) is 22.2 Å². The SMILES string of the molecule is CC=N/C(=C\C)C(=O)Nc1cc(OC(C)C)ccc1Cl. The molecule has 20 heavy (non-hydrogen) atoms. The van der Waals surface area contributed by atoms with Crippen LogP contribution >= 0.6 is 11.6 Å². The molecular formula is C15H19ClN2O2. The van der Waals surface area contributed by atoms with Crippen LogP contribution in [0.3, 0.4) is 0 Å². The summed E-state index contributed by atoms with van der Waals surface area (Å²) in [7, 11) is 0. The predicted octanol–water partition coefficient (Wildman–Crippen LogP) is 4.06. The first-order valence-corrected chi connectivity index (χ1v) is 6.78. The van der Waals surface area contributed by atoms with E-state index in [1.807, 2.05) is 13.8 Å². The first-order valence-electron chi connectivity index (χ1n) is 6.40. The van der Waals surface area contributed by atoms with E-state index in [2.05, 4.69) is 10.3 Å². The van der Waals surface area contributed by atoms with Crippen molar-refractivity contribution < 1.29 is 9.53 Å². The summed E-state index contributed by atoms with van der Waals surface area (Å²) < 4.78 is 5.57. The number of ether oxygens (including phenoxy) is 1. The van der Waals surface area contributed by atoms with Crippen LogP contribution in [0.25, 0.3) is 0 Å². The van der Waals surface area contributed by atoms with Crippen LogP contribution in [-0.2, 0) is 4.79 Å². The summed E-state index contributed by atoms with van der Waals surface area (Å²) in [5.41, 5.74) is 0.833. The van der Waals surface area contributed by atoms with E-state index in [0.717, 1.165) is 0 Å². The third-order valence-corrected chi connectivity index (χ3v) is 2.66. The summed E-state index contributed by atoms with van der Waals surface area (Å²) in [5, 5.41) is 3.18. The molecule has 0 fully saturated rings. The molecule has 0 aliphatic carbocycles. The highest BCUT2D eigenvalue weighted by Crippen LogP contribution is 2.27. The molecule has 0 aliphatic rings. The molecule has 0 aliphatic heterocycles. The maximum atomic E-state index is 12.0. The highest BCUT2D eigenvalue weighted by Gasteiger charge is 2.11. The van der Waals surface area contributed by atoms with Gasteiger partial charge in [0.25, 0.3) is 5.91 Å². The van der Waals surface area contributed by atoms with Crippen molar-refractivity contribution in [2.75, 3.05) is 5.32 Å². The molecule has 0 spiro atoms. The lowest BCUT2D eigenvalue weighted by molar-refractivity contribution is -0.112. The van der Waals surface area contributed by atoms with E-state index in [1.54, 1.807) is 44.3 Å². The fourth-order valence-electron chi connectivity index (χ4n) is 1.54. The van der Waals surface area contributed by atoms with Crippen LogP contribution in [0.4, 0.5) is 5.69 Å². The standard InChI is InChI=1S/C15H19ClN2O2/c1-5-13(17-6-2)15(19)18-14-9-11(20-10(3)4)7-8-12(14)16/h5-10H,1-4H3,(H,18,19)/b13-5-,17-6?. The van der Waals surface area contributed by atoms with Gasteiger partial charge in [0.15, 0.2) is 0 Å². The maximum absolute atomic E-state index is 12.0. The summed E-state index contributed by atoms with van der Waals surface area (Å²) >= 11 is 6.07. The number of aliphatic imine (C=N–C) groups is 1. The van der Waals surface area contributed by atoms with Crippen molar-refractivity contribution >= 4 is 29.4 Å². The van der Waals surface area contributed by atoms with Crippen LogP contribution in [0.2, 0.25) is 5.02 Å². The molecule has 1 rings (SSSR count). The van der Waals surface area contributed by atoms with Crippen molar-refractivity contribution in [3.05, 3.63) is 35.0 Å². The molecule has 5 heteroatoms. The van der Waals surface area contributed by atoms with Crippen LogP contribution < -0.4 is 10.1 Å². The molecule has 0 saturated carbocycles.